The van der Waals surface area contributed by atoms with E-state index in [1.54, 1.807) is 18.8 Å². The van der Waals surface area contributed by atoms with Crippen LogP contribution in [0.3, 0.4) is 0 Å². The summed E-state index contributed by atoms with van der Waals surface area (Å²) in [7, 11) is 0. The Bertz CT molecular complexity index is 966. The van der Waals surface area contributed by atoms with Crippen LogP contribution in [0.5, 0.6) is 0 Å². The molecule has 0 saturated carbocycles. The van der Waals surface area contributed by atoms with Crippen LogP contribution in [-0.2, 0) is 19.6 Å². The number of rotatable bonds is 6. The summed E-state index contributed by atoms with van der Waals surface area (Å²) in [6.07, 6.45) is 7.01. The maximum atomic E-state index is 5.53. The minimum Gasteiger partial charge on any atom is -0.468 e. The minimum absolute atomic E-state index is 0.649. The van der Waals surface area contributed by atoms with Crippen molar-refractivity contribution >= 4 is 21.6 Å². The van der Waals surface area contributed by atoms with Crippen molar-refractivity contribution in [2.24, 2.45) is 0 Å². The molecule has 0 saturated heterocycles. The van der Waals surface area contributed by atoms with Gasteiger partial charge < -0.3 is 4.42 Å². The molecule has 4 aromatic rings. The van der Waals surface area contributed by atoms with Gasteiger partial charge in [-0.25, -0.2) is 0 Å². The van der Waals surface area contributed by atoms with Crippen molar-refractivity contribution in [2.75, 3.05) is 0 Å². The Labute approximate surface area is 153 Å². The fraction of sp³-hybridized carbons (Fsp3) is 0.167. The van der Waals surface area contributed by atoms with Gasteiger partial charge in [-0.1, -0.05) is 28.1 Å². The third-order valence-corrected chi connectivity index (χ3v) is 4.41. The van der Waals surface area contributed by atoms with Gasteiger partial charge in [0.1, 0.15) is 12.1 Å². The summed E-state index contributed by atoms with van der Waals surface area (Å²) >= 11 is 3.54. The molecule has 1 aromatic carbocycles. The number of nitrogens with zero attached hydrogens (tertiary/aromatic N) is 5. The Kier molecular flexibility index (Phi) is 4.58. The van der Waals surface area contributed by atoms with Gasteiger partial charge in [0.2, 0.25) is 0 Å². The summed E-state index contributed by atoms with van der Waals surface area (Å²) < 4.78 is 8.48. The zero-order valence-corrected chi connectivity index (χ0v) is 15.0. The van der Waals surface area contributed by atoms with E-state index in [9.17, 15) is 0 Å². The predicted molar refractivity (Wildman–Crippen MR) is 96.6 cm³/mol. The third-order valence-electron chi connectivity index (χ3n) is 3.92. The summed E-state index contributed by atoms with van der Waals surface area (Å²) in [6.45, 7) is 2.11. The van der Waals surface area contributed by atoms with Crippen LogP contribution in [0.25, 0.3) is 5.65 Å². The minimum atomic E-state index is 0.649. The van der Waals surface area contributed by atoms with E-state index in [0.717, 1.165) is 28.1 Å². The quantitative estimate of drug-likeness (QED) is 0.496. The highest BCUT2D eigenvalue weighted by molar-refractivity contribution is 9.10. The lowest BCUT2D eigenvalue weighted by Gasteiger charge is -2.21. The largest absolute Gasteiger partial charge is 0.468 e. The molecule has 0 radical (unpaired) electrons. The Morgan fingerprint density at radius 2 is 2.08 bits per heavy atom. The lowest BCUT2D eigenvalue weighted by molar-refractivity contribution is 0.225. The number of hydrogen-bond donors (Lipinski definition) is 0. The number of halogens is 1. The number of benzene rings is 1. The summed E-state index contributed by atoms with van der Waals surface area (Å²) in [5.41, 5.74) is 2.89. The van der Waals surface area contributed by atoms with Crippen molar-refractivity contribution in [1.29, 1.82) is 0 Å². The number of hydrogen-bond acceptors (Lipinski definition) is 5. The van der Waals surface area contributed by atoms with Crippen molar-refractivity contribution in [3.8, 4) is 0 Å². The maximum absolute atomic E-state index is 5.53. The summed E-state index contributed by atoms with van der Waals surface area (Å²) in [4.78, 5) is 6.78. The zero-order chi connectivity index (χ0) is 17.1. The topological polar surface area (TPSA) is 59.5 Å². The Hall–Kier alpha value is -2.51. The second-order valence-electron chi connectivity index (χ2n) is 5.79. The first-order valence-corrected chi connectivity index (χ1v) is 8.69. The maximum Gasteiger partial charge on any atom is 0.183 e. The summed E-state index contributed by atoms with van der Waals surface area (Å²) in [5.74, 6) is 0.920. The fourth-order valence-electron chi connectivity index (χ4n) is 2.82. The van der Waals surface area contributed by atoms with Gasteiger partial charge in [-0.15, -0.1) is 10.2 Å². The highest BCUT2D eigenvalue weighted by atomic mass is 79.9. The molecule has 0 aliphatic heterocycles. The molecule has 3 heterocycles. The van der Waals surface area contributed by atoms with E-state index in [0.29, 0.717) is 13.1 Å². The van der Waals surface area contributed by atoms with Gasteiger partial charge in [0, 0.05) is 30.0 Å². The van der Waals surface area contributed by atoms with E-state index < -0.39 is 0 Å². The average molecular weight is 398 g/mol. The molecule has 0 unspecified atom stereocenters. The van der Waals surface area contributed by atoms with Crippen molar-refractivity contribution in [3.63, 3.8) is 0 Å². The molecule has 126 valence electrons. The molecule has 3 aromatic heterocycles. The molecule has 0 spiro atoms. The lowest BCUT2D eigenvalue weighted by Crippen LogP contribution is -2.23. The van der Waals surface area contributed by atoms with Crippen molar-refractivity contribution in [1.82, 2.24) is 24.5 Å². The standard InChI is InChI=1S/C18H16BrN5O/c19-15-4-1-3-14(9-15)10-23(11-16-5-2-8-25-16)12-17-18-22-21-13-24(18)7-6-20-17/h1-9,13H,10-12H2. The molecule has 25 heavy (non-hydrogen) atoms. The van der Waals surface area contributed by atoms with Gasteiger partial charge in [-0.2, -0.15) is 0 Å². The van der Waals surface area contributed by atoms with E-state index in [-0.39, 0.29) is 0 Å². The van der Waals surface area contributed by atoms with Crippen molar-refractivity contribution in [2.45, 2.75) is 19.6 Å². The van der Waals surface area contributed by atoms with E-state index in [4.69, 9.17) is 4.42 Å². The fourth-order valence-corrected chi connectivity index (χ4v) is 3.27. The SMILES string of the molecule is Brc1cccc(CN(Cc2ccco2)Cc2nccn3cnnc23)c1. The zero-order valence-electron chi connectivity index (χ0n) is 13.4. The molecule has 0 fully saturated rings. The molecular formula is C18H16BrN5O. The number of fused-ring (bicyclic) bond motifs is 1. The van der Waals surface area contributed by atoms with Crippen LogP contribution in [-0.4, -0.2) is 24.5 Å². The predicted octanol–water partition coefficient (Wildman–Crippen LogP) is 3.68. The summed E-state index contributed by atoms with van der Waals surface area (Å²) in [6, 6.07) is 12.2. The summed E-state index contributed by atoms with van der Waals surface area (Å²) in [5, 5.41) is 8.15. The smallest absolute Gasteiger partial charge is 0.183 e. The third kappa shape index (κ3) is 3.78. The molecule has 0 aliphatic carbocycles. The van der Waals surface area contributed by atoms with Crippen molar-refractivity contribution in [3.05, 3.63) is 82.9 Å². The second-order valence-corrected chi connectivity index (χ2v) is 6.71. The molecule has 0 amide bonds. The molecule has 6 nitrogen and oxygen atoms in total. The molecule has 0 N–H and O–H groups in total. The molecule has 0 atom stereocenters. The Morgan fingerprint density at radius 1 is 1.12 bits per heavy atom. The van der Waals surface area contributed by atoms with E-state index in [1.165, 1.54) is 5.56 Å². The second kappa shape index (κ2) is 7.16. The lowest BCUT2D eigenvalue weighted by atomic mass is 10.2. The molecule has 7 heteroatoms. The van der Waals surface area contributed by atoms with Crippen LogP contribution in [0.1, 0.15) is 17.0 Å². The van der Waals surface area contributed by atoms with Crippen LogP contribution >= 0.6 is 15.9 Å². The van der Waals surface area contributed by atoms with E-state index >= 15 is 0 Å². The van der Waals surface area contributed by atoms with Crippen LogP contribution < -0.4 is 0 Å². The van der Waals surface area contributed by atoms with Gasteiger partial charge in [-0.3, -0.25) is 14.3 Å². The average Bonchev–Trinajstić information content (AvgIpc) is 3.26. The van der Waals surface area contributed by atoms with Gasteiger partial charge >= 0.3 is 0 Å². The van der Waals surface area contributed by atoms with Crippen LogP contribution in [0.4, 0.5) is 0 Å². The van der Waals surface area contributed by atoms with Gasteiger partial charge in [0.15, 0.2) is 5.65 Å². The van der Waals surface area contributed by atoms with Crippen LogP contribution in [0.2, 0.25) is 0 Å². The molecule has 4 rings (SSSR count). The monoisotopic (exact) mass is 397 g/mol. The van der Waals surface area contributed by atoms with Gasteiger partial charge in [0.05, 0.1) is 18.5 Å². The number of furan rings is 1. The first kappa shape index (κ1) is 16.0. The highest BCUT2D eigenvalue weighted by Crippen LogP contribution is 2.18. The molecular weight excluding hydrogens is 382 g/mol. The van der Waals surface area contributed by atoms with Crippen LogP contribution in [0.15, 0.2) is 70.3 Å². The normalized spacial score (nSPS) is 11.4. The van der Waals surface area contributed by atoms with E-state index in [2.05, 4.69) is 48.1 Å². The molecule has 0 bridgehead atoms. The van der Waals surface area contributed by atoms with Gasteiger partial charge in [0.25, 0.3) is 0 Å². The Balaban J connectivity index is 1.61. The Morgan fingerprint density at radius 3 is 2.92 bits per heavy atom. The van der Waals surface area contributed by atoms with Gasteiger partial charge in [-0.05, 0) is 29.8 Å². The number of aromatic nitrogens is 4. The first-order valence-electron chi connectivity index (χ1n) is 7.90. The first-order chi connectivity index (χ1) is 12.3. The highest BCUT2D eigenvalue weighted by Gasteiger charge is 2.14. The van der Waals surface area contributed by atoms with Crippen LogP contribution in [0, 0.1) is 0 Å². The van der Waals surface area contributed by atoms with Crippen molar-refractivity contribution < 1.29 is 4.42 Å². The van der Waals surface area contributed by atoms with E-state index in [1.807, 2.05) is 34.9 Å². The molecule has 0 aliphatic rings.